The minimum atomic E-state index is -0.273. The van der Waals surface area contributed by atoms with Crippen molar-refractivity contribution in [1.82, 2.24) is 10.2 Å². The maximum Gasteiger partial charge on any atom is 0.250 e. The summed E-state index contributed by atoms with van der Waals surface area (Å²) >= 11 is 7.38. The summed E-state index contributed by atoms with van der Waals surface area (Å²) in [7, 11) is 0. The topological polar surface area (TPSA) is 66.9 Å². The lowest BCUT2D eigenvalue weighted by Crippen LogP contribution is -2.07. The summed E-state index contributed by atoms with van der Waals surface area (Å²) < 4.78 is 0. The van der Waals surface area contributed by atoms with Crippen molar-refractivity contribution in [2.45, 2.75) is 19.3 Å². The molecule has 2 N–H and O–H groups in total. The molecule has 0 aliphatic heterocycles. The van der Waals surface area contributed by atoms with Crippen LogP contribution in [-0.4, -0.2) is 22.6 Å². The molecule has 144 valence electrons. The quantitative estimate of drug-likeness (QED) is 0.370. The standard InChI is InChI=1S/C21H21ClN4OS/c22-18-12-5-4-11-17(18)13-14-19(27)24-21-26-25-20(28-21)23-15-7-6-10-16-8-2-1-3-9-16/h1-5,8-9,11-14H,6-7,10,15H2,(H,23,25)(H,24,26,27). The summed E-state index contributed by atoms with van der Waals surface area (Å²) in [5, 5.41) is 15.8. The molecule has 0 saturated heterocycles. The van der Waals surface area contributed by atoms with Crippen molar-refractivity contribution in [2.75, 3.05) is 17.2 Å². The lowest BCUT2D eigenvalue weighted by Gasteiger charge is -2.02. The van der Waals surface area contributed by atoms with E-state index < -0.39 is 0 Å². The van der Waals surface area contributed by atoms with E-state index in [1.165, 1.54) is 23.0 Å². The summed E-state index contributed by atoms with van der Waals surface area (Å²) in [6.07, 6.45) is 6.31. The average Bonchev–Trinajstić information content (AvgIpc) is 3.15. The van der Waals surface area contributed by atoms with Crippen LogP contribution in [0.25, 0.3) is 6.08 Å². The molecule has 0 fully saturated rings. The number of hydrogen-bond donors (Lipinski definition) is 2. The molecule has 0 bridgehead atoms. The van der Waals surface area contributed by atoms with Crippen LogP contribution in [0.5, 0.6) is 0 Å². The molecule has 3 rings (SSSR count). The predicted octanol–water partition coefficient (Wildman–Crippen LogP) is 5.28. The number of nitrogens with zero attached hydrogens (tertiary/aromatic N) is 2. The second-order valence-corrected chi connectivity index (χ2v) is 7.51. The average molecular weight is 413 g/mol. The van der Waals surface area contributed by atoms with Crippen LogP contribution in [0.3, 0.4) is 0 Å². The molecule has 0 atom stereocenters. The van der Waals surface area contributed by atoms with E-state index in [2.05, 4.69) is 45.1 Å². The van der Waals surface area contributed by atoms with Crippen LogP contribution in [0, 0.1) is 0 Å². The first kappa shape index (κ1) is 20.0. The summed E-state index contributed by atoms with van der Waals surface area (Å²) in [5.41, 5.74) is 2.14. The van der Waals surface area contributed by atoms with Crippen LogP contribution < -0.4 is 10.6 Å². The van der Waals surface area contributed by atoms with Gasteiger partial charge in [0.2, 0.25) is 16.2 Å². The van der Waals surface area contributed by atoms with E-state index in [0.29, 0.717) is 15.3 Å². The molecule has 0 aliphatic carbocycles. The molecule has 1 heterocycles. The molecule has 5 nitrogen and oxygen atoms in total. The summed E-state index contributed by atoms with van der Waals surface area (Å²) in [6.45, 7) is 0.821. The van der Waals surface area contributed by atoms with E-state index in [-0.39, 0.29) is 5.91 Å². The lowest BCUT2D eigenvalue weighted by molar-refractivity contribution is -0.111. The van der Waals surface area contributed by atoms with Gasteiger partial charge in [-0.2, -0.15) is 0 Å². The molecule has 0 unspecified atom stereocenters. The first-order valence-corrected chi connectivity index (χ1v) is 10.2. The van der Waals surface area contributed by atoms with Crippen LogP contribution in [0.1, 0.15) is 24.0 Å². The van der Waals surface area contributed by atoms with Gasteiger partial charge >= 0.3 is 0 Å². The van der Waals surface area contributed by atoms with Crippen molar-refractivity contribution in [1.29, 1.82) is 0 Å². The first-order chi connectivity index (χ1) is 13.7. The van der Waals surface area contributed by atoms with Crippen LogP contribution in [-0.2, 0) is 11.2 Å². The van der Waals surface area contributed by atoms with E-state index in [9.17, 15) is 4.79 Å². The third kappa shape index (κ3) is 6.48. The van der Waals surface area contributed by atoms with Crippen molar-refractivity contribution < 1.29 is 4.79 Å². The van der Waals surface area contributed by atoms with Gasteiger partial charge in [-0.25, -0.2) is 0 Å². The minimum absolute atomic E-state index is 0.273. The highest BCUT2D eigenvalue weighted by molar-refractivity contribution is 7.19. The number of unbranched alkanes of at least 4 members (excludes halogenated alkanes) is 1. The van der Waals surface area contributed by atoms with Crippen molar-refractivity contribution >= 4 is 45.2 Å². The number of anilines is 2. The Kier molecular flexibility index (Phi) is 7.58. The second-order valence-electron chi connectivity index (χ2n) is 6.13. The van der Waals surface area contributed by atoms with Crippen molar-refractivity contribution in [2.24, 2.45) is 0 Å². The summed E-state index contributed by atoms with van der Waals surface area (Å²) in [6, 6.07) is 17.8. The zero-order chi connectivity index (χ0) is 19.6. The highest BCUT2D eigenvalue weighted by Gasteiger charge is 2.06. The maximum absolute atomic E-state index is 12.0. The zero-order valence-electron chi connectivity index (χ0n) is 15.3. The monoisotopic (exact) mass is 412 g/mol. The van der Waals surface area contributed by atoms with Crippen molar-refractivity contribution in [3.05, 3.63) is 76.8 Å². The van der Waals surface area contributed by atoms with E-state index in [1.54, 1.807) is 12.1 Å². The van der Waals surface area contributed by atoms with Gasteiger partial charge in [0, 0.05) is 17.6 Å². The summed E-state index contributed by atoms with van der Waals surface area (Å²) in [5.74, 6) is -0.273. The molecule has 28 heavy (non-hydrogen) atoms. The number of nitrogens with one attached hydrogen (secondary N) is 2. The third-order valence-electron chi connectivity index (χ3n) is 3.99. The number of amides is 1. The van der Waals surface area contributed by atoms with Gasteiger partial charge in [-0.15, -0.1) is 10.2 Å². The van der Waals surface area contributed by atoms with Gasteiger partial charge in [0.15, 0.2) is 0 Å². The number of hydrogen-bond acceptors (Lipinski definition) is 5. The Balaban J connectivity index is 1.39. The molecule has 3 aromatic rings. The fraction of sp³-hybridized carbons (Fsp3) is 0.190. The van der Waals surface area contributed by atoms with Crippen LogP contribution >= 0.6 is 22.9 Å². The van der Waals surface area contributed by atoms with E-state index >= 15 is 0 Å². The SMILES string of the molecule is O=C(C=Cc1ccccc1Cl)Nc1nnc(NCCCCc2ccccc2)s1. The predicted molar refractivity (Wildman–Crippen MR) is 117 cm³/mol. The lowest BCUT2D eigenvalue weighted by atomic mass is 10.1. The second kappa shape index (κ2) is 10.6. The number of halogens is 1. The zero-order valence-corrected chi connectivity index (χ0v) is 16.8. The maximum atomic E-state index is 12.0. The number of carbonyl (C=O) groups excluding carboxylic acids is 1. The Morgan fingerprint density at radius 1 is 1.00 bits per heavy atom. The van der Waals surface area contributed by atoms with Crippen LogP contribution in [0.2, 0.25) is 5.02 Å². The molecule has 7 heteroatoms. The van der Waals surface area contributed by atoms with E-state index in [0.717, 1.165) is 31.4 Å². The van der Waals surface area contributed by atoms with Gasteiger partial charge in [-0.05, 0) is 42.5 Å². The first-order valence-electron chi connectivity index (χ1n) is 9.05. The Morgan fingerprint density at radius 3 is 2.57 bits per heavy atom. The molecular formula is C21H21ClN4OS. The van der Waals surface area contributed by atoms with Gasteiger partial charge in [0.05, 0.1) is 0 Å². The molecule has 1 amide bonds. The number of aromatic nitrogens is 2. The third-order valence-corrected chi connectivity index (χ3v) is 5.13. The Bertz CT molecular complexity index is 927. The molecule has 0 radical (unpaired) electrons. The highest BCUT2D eigenvalue weighted by atomic mass is 35.5. The van der Waals surface area contributed by atoms with Crippen LogP contribution in [0.4, 0.5) is 10.3 Å². The number of benzene rings is 2. The van der Waals surface area contributed by atoms with Crippen molar-refractivity contribution in [3.8, 4) is 0 Å². The smallest absolute Gasteiger partial charge is 0.250 e. The fourth-order valence-corrected chi connectivity index (χ4v) is 3.43. The Labute approximate surface area is 173 Å². The van der Waals surface area contributed by atoms with Crippen LogP contribution in [0.15, 0.2) is 60.7 Å². The Morgan fingerprint density at radius 2 is 1.75 bits per heavy atom. The van der Waals surface area contributed by atoms with Crippen molar-refractivity contribution in [3.63, 3.8) is 0 Å². The molecule has 2 aromatic carbocycles. The molecule has 0 aliphatic rings. The number of carbonyl (C=O) groups is 1. The van der Waals surface area contributed by atoms with E-state index in [4.69, 9.17) is 11.6 Å². The normalized spacial score (nSPS) is 10.9. The van der Waals surface area contributed by atoms with Gasteiger partial charge in [0.1, 0.15) is 0 Å². The van der Waals surface area contributed by atoms with Gasteiger partial charge in [-0.3, -0.25) is 10.1 Å². The molecular weight excluding hydrogens is 392 g/mol. The fourth-order valence-electron chi connectivity index (χ4n) is 2.56. The molecule has 1 aromatic heterocycles. The van der Waals surface area contributed by atoms with Gasteiger partial charge in [0.25, 0.3) is 0 Å². The van der Waals surface area contributed by atoms with E-state index in [1.807, 2.05) is 24.3 Å². The highest BCUT2D eigenvalue weighted by Crippen LogP contribution is 2.20. The molecule has 0 saturated carbocycles. The Hall–Kier alpha value is -2.70. The largest absolute Gasteiger partial charge is 0.360 e. The van der Waals surface area contributed by atoms with Gasteiger partial charge in [-0.1, -0.05) is 71.5 Å². The van der Waals surface area contributed by atoms with Gasteiger partial charge < -0.3 is 5.32 Å². The minimum Gasteiger partial charge on any atom is -0.360 e. The number of rotatable bonds is 9. The molecule has 0 spiro atoms. The summed E-state index contributed by atoms with van der Waals surface area (Å²) in [4.78, 5) is 12.0. The number of aryl methyl sites for hydroxylation is 1.